The summed E-state index contributed by atoms with van der Waals surface area (Å²) in [4.78, 5) is 18.0. The van der Waals surface area contributed by atoms with Crippen LogP contribution >= 0.6 is 0 Å². The Morgan fingerprint density at radius 1 is 1.55 bits per heavy atom. The number of nitrogens with two attached hydrogens (primary N) is 1. The zero-order valence-electron chi connectivity index (χ0n) is 11.4. The zero-order chi connectivity index (χ0) is 14.1. The average Bonchev–Trinajstić information content (AvgIpc) is 2.85. The molecule has 3 heterocycles. The molecule has 1 aliphatic rings. The Kier molecular flexibility index (Phi) is 3.27. The minimum absolute atomic E-state index is 0.0195. The first-order chi connectivity index (χ1) is 9.65. The molecule has 7 nitrogen and oxygen atoms in total. The molecule has 0 bridgehead atoms. The van der Waals surface area contributed by atoms with Crippen molar-refractivity contribution in [1.29, 1.82) is 0 Å². The second kappa shape index (κ2) is 5.09. The zero-order valence-corrected chi connectivity index (χ0v) is 11.4. The molecule has 106 valence electrons. The Bertz CT molecular complexity index is 637. The van der Waals surface area contributed by atoms with Gasteiger partial charge >= 0.3 is 6.03 Å². The second-order valence-corrected chi connectivity index (χ2v) is 5.27. The van der Waals surface area contributed by atoms with Crippen LogP contribution in [-0.2, 0) is 13.1 Å². The van der Waals surface area contributed by atoms with Crippen LogP contribution in [0.25, 0.3) is 5.65 Å². The van der Waals surface area contributed by atoms with Crippen LogP contribution in [-0.4, -0.2) is 38.6 Å². The summed E-state index contributed by atoms with van der Waals surface area (Å²) in [5, 5.41) is 7.18. The normalized spacial score (nSPS) is 19.4. The molecule has 1 atom stereocenters. The summed E-state index contributed by atoms with van der Waals surface area (Å²) in [5.74, 6) is 0.458. The summed E-state index contributed by atoms with van der Waals surface area (Å²) in [7, 11) is 0. The standard InChI is InChI=1S/C13H18N6O/c1-9-4-15-13(20)18(6-9)7-10-2-12-17-11(3-14)8-19(12)16-5-10/h2,5,8-9H,3-4,6-7,14H2,1H3,(H,15,20). The molecule has 2 aromatic rings. The summed E-state index contributed by atoms with van der Waals surface area (Å²) in [6.45, 7) is 4.57. The van der Waals surface area contributed by atoms with Gasteiger partial charge in [-0.05, 0) is 17.5 Å². The fourth-order valence-electron chi connectivity index (χ4n) is 2.40. The van der Waals surface area contributed by atoms with Gasteiger partial charge in [0, 0.05) is 26.2 Å². The van der Waals surface area contributed by atoms with Gasteiger partial charge in [0.25, 0.3) is 0 Å². The van der Waals surface area contributed by atoms with Crippen LogP contribution in [0.2, 0.25) is 0 Å². The fraction of sp³-hybridized carbons (Fsp3) is 0.462. The molecular formula is C13H18N6O. The Morgan fingerprint density at radius 3 is 3.20 bits per heavy atom. The molecule has 0 saturated carbocycles. The van der Waals surface area contributed by atoms with Crippen molar-refractivity contribution in [3.05, 3.63) is 29.7 Å². The van der Waals surface area contributed by atoms with Gasteiger partial charge in [0.1, 0.15) is 0 Å². The number of aromatic nitrogens is 3. The lowest BCUT2D eigenvalue weighted by Gasteiger charge is -2.31. The van der Waals surface area contributed by atoms with Crippen molar-refractivity contribution in [2.24, 2.45) is 11.7 Å². The maximum Gasteiger partial charge on any atom is 0.317 e. The van der Waals surface area contributed by atoms with E-state index in [0.29, 0.717) is 19.0 Å². The lowest BCUT2D eigenvalue weighted by atomic mass is 10.1. The van der Waals surface area contributed by atoms with E-state index in [1.54, 1.807) is 15.6 Å². The molecule has 0 aliphatic carbocycles. The quantitative estimate of drug-likeness (QED) is 0.845. The van der Waals surface area contributed by atoms with Gasteiger partial charge in [-0.15, -0.1) is 0 Å². The maximum absolute atomic E-state index is 11.8. The first-order valence-electron chi connectivity index (χ1n) is 6.71. The monoisotopic (exact) mass is 274 g/mol. The van der Waals surface area contributed by atoms with E-state index in [2.05, 4.69) is 22.3 Å². The number of fused-ring (bicyclic) bond motifs is 1. The molecular weight excluding hydrogens is 256 g/mol. The van der Waals surface area contributed by atoms with Crippen molar-refractivity contribution in [3.8, 4) is 0 Å². The number of carbonyl (C=O) groups is 1. The van der Waals surface area contributed by atoms with E-state index >= 15 is 0 Å². The summed E-state index contributed by atoms with van der Waals surface area (Å²) < 4.78 is 1.70. The Morgan fingerprint density at radius 2 is 2.40 bits per heavy atom. The highest BCUT2D eigenvalue weighted by atomic mass is 16.2. The minimum Gasteiger partial charge on any atom is -0.338 e. The Hall–Kier alpha value is -2.15. The topological polar surface area (TPSA) is 88.5 Å². The average molecular weight is 274 g/mol. The van der Waals surface area contributed by atoms with E-state index in [-0.39, 0.29) is 6.03 Å². The highest BCUT2D eigenvalue weighted by molar-refractivity contribution is 5.75. The first kappa shape index (κ1) is 12.9. The van der Waals surface area contributed by atoms with Crippen molar-refractivity contribution >= 4 is 11.7 Å². The number of hydrogen-bond donors (Lipinski definition) is 2. The molecule has 0 spiro atoms. The van der Waals surface area contributed by atoms with E-state index in [0.717, 1.165) is 30.0 Å². The third-order valence-electron chi connectivity index (χ3n) is 3.43. The molecule has 1 saturated heterocycles. The largest absolute Gasteiger partial charge is 0.338 e. The molecule has 3 rings (SSSR count). The molecule has 7 heteroatoms. The van der Waals surface area contributed by atoms with E-state index in [9.17, 15) is 4.79 Å². The lowest BCUT2D eigenvalue weighted by Crippen LogP contribution is -2.49. The third-order valence-corrected chi connectivity index (χ3v) is 3.43. The van der Waals surface area contributed by atoms with Crippen LogP contribution in [0.1, 0.15) is 18.2 Å². The van der Waals surface area contributed by atoms with Crippen LogP contribution < -0.4 is 11.1 Å². The van der Waals surface area contributed by atoms with Crippen molar-refractivity contribution < 1.29 is 4.79 Å². The molecule has 20 heavy (non-hydrogen) atoms. The predicted molar refractivity (Wildman–Crippen MR) is 73.9 cm³/mol. The summed E-state index contributed by atoms with van der Waals surface area (Å²) in [5.41, 5.74) is 8.10. The van der Waals surface area contributed by atoms with E-state index in [4.69, 9.17) is 5.73 Å². The fourth-order valence-corrected chi connectivity index (χ4v) is 2.40. The van der Waals surface area contributed by atoms with Gasteiger partial charge in [0.15, 0.2) is 5.65 Å². The predicted octanol–water partition coefficient (Wildman–Crippen LogP) is 0.349. The van der Waals surface area contributed by atoms with Crippen LogP contribution in [0.4, 0.5) is 4.79 Å². The minimum atomic E-state index is -0.0195. The van der Waals surface area contributed by atoms with E-state index < -0.39 is 0 Å². The third kappa shape index (κ3) is 2.44. The van der Waals surface area contributed by atoms with Gasteiger partial charge in [-0.2, -0.15) is 5.10 Å². The first-order valence-corrected chi connectivity index (χ1v) is 6.71. The van der Waals surface area contributed by atoms with Crippen LogP contribution in [0, 0.1) is 5.92 Å². The van der Waals surface area contributed by atoms with E-state index in [1.807, 2.05) is 12.3 Å². The lowest BCUT2D eigenvalue weighted by molar-refractivity contribution is 0.167. The Balaban J connectivity index is 1.81. The SMILES string of the molecule is CC1CNC(=O)N(Cc2cnn3cc(CN)nc3c2)C1. The van der Waals surface area contributed by atoms with Crippen molar-refractivity contribution in [2.75, 3.05) is 13.1 Å². The number of nitrogens with zero attached hydrogens (tertiary/aromatic N) is 4. The van der Waals surface area contributed by atoms with Gasteiger partial charge in [-0.25, -0.2) is 14.3 Å². The molecule has 3 N–H and O–H groups in total. The molecule has 1 fully saturated rings. The number of imidazole rings is 1. The number of urea groups is 1. The van der Waals surface area contributed by atoms with Gasteiger partial charge < -0.3 is 16.0 Å². The number of rotatable bonds is 3. The number of amides is 2. The van der Waals surface area contributed by atoms with Gasteiger partial charge in [-0.1, -0.05) is 6.92 Å². The molecule has 1 unspecified atom stereocenters. The summed E-state index contributed by atoms with van der Waals surface area (Å²) in [6.07, 6.45) is 3.58. The number of carbonyl (C=O) groups excluding carboxylic acids is 1. The van der Waals surface area contributed by atoms with Crippen molar-refractivity contribution in [1.82, 2.24) is 24.8 Å². The van der Waals surface area contributed by atoms with Crippen LogP contribution in [0.3, 0.4) is 0 Å². The van der Waals surface area contributed by atoms with Gasteiger partial charge in [0.2, 0.25) is 0 Å². The Labute approximate surface area is 116 Å². The van der Waals surface area contributed by atoms with Crippen LogP contribution in [0.15, 0.2) is 18.5 Å². The molecule has 2 aromatic heterocycles. The number of nitrogens with one attached hydrogen (secondary N) is 1. The summed E-state index contributed by atoms with van der Waals surface area (Å²) >= 11 is 0. The smallest absolute Gasteiger partial charge is 0.317 e. The molecule has 1 aliphatic heterocycles. The highest BCUT2D eigenvalue weighted by Crippen LogP contribution is 2.12. The molecule has 0 radical (unpaired) electrons. The van der Waals surface area contributed by atoms with Gasteiger partial charge in [-0.3, -0.25) is 0 Å². The molecule has 0 aromatic carbocycles. The van der Waals surface area contributed by atoms with E-state index in [1.165, 1.54) is 0 Å². The maximum atomic E-state index is 11.8. The van der Waals surface area contributed by atoms with Crippen LogP contribution in [0.5, 0.6) is 0 Å². The van der Waals surface area contributed by atoms with Crippen molar-refractivity contribution in [3.63, 3.8) is 0 Å². The number of hydrogen-bond acceptors (Lipinski definition) is 4. The van der Waals surface area contributed by atoms with Crippen molar-refractivity contribution in [2.45, 2.75) is 20.0 Å². The highest BCUT2D eigenvalue weighted by Gasteiger charge is 2.22. The second-order valence-electron chi connectivity index (χ2n) is 5.27. The summed E-state index contributed by atoms with van der Waals surface area (Å²) in [6, 6.07) is 1.92. The van der Waals surface area contributed by atoms with Gasteiger partial charge in [0.05, 0.1) is 18.1 Å². The molecule has 2 amide bonds.